The van der Waals surface area contributed by atoms with Gasteiger partial charge in [0.2, 0.25) is 0 Å². The first kappa shape index (κ1) is 13.6. The number of benzene rings is 1. The molecule has 1 aliphatic rings. The molecule has 98 valence electrons. The molecular weight excluding hydrogens is 234 g/mol. The van der Waals surface area contributed by atoms with Gasteiger partial charge in [0, 0.05) is 18.6 Å². The van der Waals surface area contributed by atoms with Crippen molar-refractivity contribution in [3.8, 4) is 12.1 Å². The number of rotatable bonds is 4. The number of hydrogen-bond donors (Lipinski definition) is 0. The Bertz CT molecular complexity index is 445. The Morgan fingerprint density at radius 2 is 1.58 bits per heavy atom. The molecule has 3 nitrogen and oxygen atoms in total. The van der Waals surface area contributed by atoms with Crippen molar-refractivity contribution in [2.75, 3.05) is 0 Å². The van der Waals surface area contributed by atoms with Crippen LogP contribution >= 0.6 is 0 Å². The molecular formula is C16H19N3. The largest absolute Gasteiger partial charge is 0.291 e. The summed E-state index contributed by atoms with van der Waals surface area (Å²) in [6, 6.07) is 15.5. The van der Waals surface area contributed by atoms with Crippen molar-refractivity contribution in [1.82, 2.24) is 4.90 Å². The summed E-state index contributed by atoms with van der Waals surface area (Å²) in [6.07, 6.45) is 4.40. The van der Waals surface area contributed by atoms with E-state index in [9.17, 15) is 0 Å². The highest BCUT2D eigenvalue weighted by atomic mass is 15.2. The van der Waals surface area contributed by atoms with Gasteiger partial charge in [0.05, 0.1) is 25.0 Å². The van der Waals surface area contributed by atoms with E-state index in [1.165, 1.54) is 5.56 Å². The lowest BCUT2D eigenvalue weighted by molar-refractivity contribution is 0.0790. The first-order valence-corrected chi connectivity index (χ1v) is 6.88. The van der Waals surface area contributed by atoms with Crippen LogP contribution in [0.4, 0.5) is 0 Å². The lowest BCUT2D eigenvalue weighted by Gasteiger charge is -2.40. The minimum Gasteiger partial charge on any atom is -0.291 e. The van der Waals surface area contributed by atoms with Crippen molar-refractivity contribution < 1.29 is 0 Å². The number of hydrogen-bond acceptors (Lipinski definition) is 3. The van der Waals surface area contributed by atoms with Crippen molar-refractivity contribution in [2.24, 2.45) is 0 Å². The van der Waals surface area contributed by atoms with Crippen molar-refractivity contribution in [2.45, 2.75) is 50.7 Å². The van der Waals surface area contributed by atoms with E-state index in [2.05, 4.69) is 29.2 Å². The zero-order valence-electron chi connectivity index (χ0n) is 11.1. The fourth-order valence-electron chi connectivity index (χ4n) is 2.92. The van der Waals surface area contributed by atoms with Crippen LogP contribution in [-0.4, -0.2) is 17.0 Å². The summed E-state index contributed by atoms with van der Waals surface area (Å²) in [5.74, 6) is 0. The van der Waals surface area contributed by atoms with Gasteiger partial charge in [-0.25, -0.2) is 0 Å². The summed E-state index contributed by atoms with van der Waals surface area (Å²) >= 11 is 0. The second-order valence-electron chi connectivity index (χ2n) is 5.12. The van der Waals surface area contributed by atoms with Crippen LogP contribution in [0.15, 0.2) is 30.3 Å². The Balaban J connectivity index is 2.13. The van der Waals surface area contributed by atoms with Crippen molar-refractivity contribution in [3.05, 3.63) is 35.9 Å². The van der Waals surface area contributed by atoms with E-state index in [1.807, 2.05) is 18.2 Å². The van der Waals surface area contributed by atoms with Gasteiger partial charge in [0.25, 0.3) is 0 Å². The van der Waals surface area contributed by atoms with Crippen LogP contribution in [0.25, 0.3) is 0 Å². The van der Waals surface area contributed by atoms with E-state index in [-0.39, 0.29) is 0 Å². The highest BCUT2D eigenvalue weighted by molar-refractivity contribution is 5.15. The summed E-state index contributed by atoms with van der Waals surface area (Å²) < 4.78 is 0. The van der Waals surface area contributed by atoms with E-state index < -0.39 is 0 Å². The molecule has 0 amide bonds. The summed E-state index contributed by atoms with van der Waals surface area (Å²) in [7, 11) is 0. The Labute approximate surface area is 115 Å². The summed E-state index contributed by atoms with van der Waals surface area (Å²) in [4.78, 5) is 2.37. The predicted molar refractivity (Wildman–Crippen MR) is 73.9 cm³/mol. The second kappa shape index (κ2) is 6.92. The van der Waals surface area contributed by atoms with Gasteiger partial charge in [-0.05, 0) is 18.4 Å². The fraction of sp³-hybridized carbons (Fsp3) is 0.500. The first-order chi connectivity index (χ1) is 9.35. The Kier molecular flexibility index (Phi) is 4.95. The molecule has 0 N–H and O–H groups in total. The van der Waals surface area contributed by atoms with E-state index in [4.69, 9.17) is 10.5 Å². The monoisotopic (exact) mass is 253 g/mol. The average molecular weight is 253 g/mol. The van der Waals surface area contributed by atoms with Gasteiger partial charge in [0.15, 0.2) is 0 Å². The molecule has 0 aromatic heterocycles. The van der Waals surface area contributed by atoms with E-state index >= 15 is 0 Å². The molecule has 0 bridgehead atoms. The molecule has 0 radical (unpaired) electrons. The van der Waals surface area contributed by atoms with Gasteiger partial charge >= 0.3 is 0 Å². The maximum absolute atomic E-state index is 8.98. The topological polar surface area (TPSA) is 50.8 Å². The fourth-order valence-corrected chi connectivity index (χ4v) is 2.92. The minimum atomic E-state index is 0.303. The van der Waals surface area contributed by atoms with Gasteiger partial charge in [-0.1, -0.05) is 36.8 Å². The molecule has 2 atom stereocenters. The number of likely N-dealkylation sites (tertiary alicyclic amines) is 1. The SMILES string of the molecule is N#CCC1CCCC(CC#N)N1Cc1ccccc1. The predicted octanol–water partition coefficient (Wildman–Crippen LogP) is 3.24. The molecule has 1 saturated heterocycles. The standard InChI is InChI=1S/C16H19N3/c17-11-9-15-7-4-8-16(10-12-18)19(15)13-14-5-2-1-3-6-14/h1-3,5-6,15-16H,4,7-10,13H2. The number of nitriles is 2. The van der Waals surface area contributed by atoms with Gasteiger partial charge < -0.3 is 0 Å². The Morgan fingerprint density at radius 3 is 2.11 bits per heavy atom. The molecule has 2 rings (SSSR count). The van der Waals surface area contributed by atoms with Crippen LogP contribution in [0.2, 0.25) is 0 Å². The lowest BCUT2D eigenvalue weighted by atomic mass is 9.91. The molecule has 0 saturated carbocycles. The van der Waals surface area contributed by atoms with Gasteiger partial charge in [-0.3, -0.25) is 4.90 Å². The van der Waals surface area contributed by atoms with Crippen LogP contribution < -0.4 is 0 Å². The normalized spacial score (nSPS) is 23.5. The highest BCUT2D eigenvalue weighted by Crippen LogP contribution is 2.28. The lowest BCUT2D eigenvalue weighted by Crippen LogP contribution is -2.45. The van der Waals surface area contributed by atoms with Gasteiger partial charge in [-0.15, -0.1) is 0 Å². The van der Waals surface area contributed by atoms with Crippen LogP contribution in [-0.2, 0) is 6.54 Å². The van der Waals surface area contributed by atoms with E-state index in [1.54, 1.807) is 0 Å². The zero-order valence-corrected chi connectivity index (χ0v) is 11.1. The Morgan fingerprint density at radius 1 is 1.00 bits per heavy atom. The third kappa shape index (κ3) is 3.56. The molecule has 1 heterocycles. The maximum atomic E-state index is 8.98. The zero-order chi connectivity index (χ0) is 13.5. The van der Waals surface area contributed by atoms with E-state index in [0.717, 1.165) is 25.8 Å². The highest BCUT2D eigenvalue weighted by Gasteiger charge is 2.30. The van der Waals surface area contributed by atoms with Crippen LogP contribution in [0.1, 0.15) is 37.7 Å². The second-order valence-corrected chi connectivity index (χ2v) is 5.12. The van der Waals surface area contributed by atoms with Crippen LogP contribution in [0.3, 0.4) is 0 Å². The van der Waals surface area contributed by atoms with Gasteiger partial charge in [0.1, 0.15) is 0 Å². The quantitative estimate of drug-likeness (QED) is 0.827. The molecule has 0 spiro atoms. The minimum absolute atomic E-state index is 0.303. The molecule has 1 aromatic rings. The smallest absolute Gasteiger partial charge is 0.0638 e. The molecule has 0 aliphatic carbocycles. The molecule has 19 heavy (non-hydrogen) atoms. The summed E-state index contributed by atoms with van der Waals surface area (Å²) in [5.41, 5.74) is 1.26. The summed E-state index contributed by atoms with van der Waals surface area (Å²) in [5, 5.41) is 18.0. The third-order valence-electron chi connectivity index (χ3n) is 3.87. The van der Waals surface area contributed by atoms with Crippen LogP contribution in [0, 0.1) is 22.7 Å². The first-order valence-electron chi connectivity index (χ1n) is 6.88. The maximum Gasteiger partial charge on any atom is 0.0638 e. The number of piperidine rings is 1. The van der Waals surface area contributed by atoms with E-state index in [0.29, 0.717) is 24.9 Å². The third-order valence-corrected chi connectivity index (χ3v) is 3.87. The average Bonchev–Trinajstić information content (AvgIpc) is 2.44. The molecule has 2 unspecified atom stereocenters. The van der Waals surface area contributed by atoms with Crippen molar-refractivity contribution >= 4 is 0 Å². The van der Waals surface area contributed by atoms with Crippen molar-refractivity contribution in [1.29, 1.82) is 10.5 Å². The molecule has 3 heteroatoms. The molecule has 1 aromatic carbocycles. The molecule has 1 fully saturated rings. The number of nitrogens with zero attached hydrogens (tertiary/aromatic N) is 3. The Hall–Kier alpha value is -1.84. The summed E-state index contributed by atoms with van der Waals surface area (Å²) in [6.45, 7) is 0.847. The van der Waals surface area contributed by atoms with Crippen molar-refractivity contribution in [3.63, 3.8) is 0 Å². The molecule has 1 aliphatic heterocycles. The van der Waals surface area contributed by atoms with Crippen LogP contribution in [0.5, 0.6) is 0 Å². The van der Waals surface area contributed by atoms with Gasteiger partial charge in [-0.2, -0.15) is 10.5 Å².